The smallest absolute Gasteiger partial charge is 0.338 e. The predicted octanol–water partition coefficient (Wildman–Crippen LogP) is 2.27. The number of carbonyl (C=O) groups excluding carboxylic acids is 1. The maximum atomic E-state index is 12.1. The third-order valence-electron chi connectivity index (χ3n) is 2.93. The first-order valence-electron chi connectivity index (χ1n) is 7.07. The van der Waals surface area contributed by atoms with Crippen LogP contribution in [0, 0.1) is 0 Å². The largest absolute Gasteiger partial charge is 0.462 e. The summed E-state index contributed by atoms with van der Waals surface area (Å²) in [5.74, 6) is -0.351. The third kappa shape index (κ3) is 6.75. The molecule has 0 aliphatic carbocycles. The Balaban J connectivity index is 2.69. The molecule has 0 fully saturated rings. The fourth-order valence-electron chi connectivity index (χ4n) is 1.71. The van der Waals surface area contributed by atoms with E-state index in [1.54, 1.807) is 18.2 Å². The molecule has 0 unspecified atom stereocenters. The predicted molar refractivity (Wildman–Crippen MR) is 86.0 cm³/mol. The van der Waals surface area contributed by atoms with Gasteiger partial charge in [0.2, 0.25) is 0 Å². The van der Waals surface area contributed by atoms with Crippen LogP contribution in [0.25, 0.3) is 0 Å². The fraction of sp³-hybridized carbons (Fsp3) is 0.533. The van der Waals surface area contributed by atoms with Crippen molar-refractivity contribution < 1.29 is 19.4 Å². The molecule has 3 N–H and O–H groups in total. The zero-order valence-electron chi connectivity index (χ0n) is 13.0. The lowest BCUT2D eigenvalue weighted by molar-refractivity contribution is 0.0512. The van der Waals surface area contributed by atoms with E-state index in [0.29, 0.717) is 23.4 Å². The molecule has 0 atom stereocenters. The SMILES string of the molecule is C[Si](C)(C)CCOC(=O)c1ccc(N)cc1COCCO. The van der Waals surface area contributed by atoms with Gasteiger partial charge in [0.1, 0.15) is 0 Å². The summed E-state index contributed by atoms with van der Waals surface area (Å²) >= 11 is 0. The van der Waals surface area contributed by atoms with Crippen molar-refractivity contribution in [3.63, 3.8) is 0 Å². The van der Waals surface area contributed by atoms with Crippen molar-refractivity contribution in [3.05, 3.63) is 29.3 Å². The molecular formula is C15H25NO4Si. The van der Waals surface area contributed by atoms with Crippen LogP contribution in [-0.2, 0) is 16.1 Å². The zero-order valence-corrected chi connectivity index (χ0v) is 14.0. The van der Waals surface area contributed by atoms with Crippen LogP contribution in [0.15, 0.2) is 18.2 Å². The first-order valence-corrected chi connectivity index (χ1v) is 10.8. The number of esters is 1. The van der Waals surface area contributed by atoms with Gasteiger partial charge in [-0.3, -0.25) is 0 Å². The Kier molecular flexibility index (Phi) is 6.87. The van der Waals surface area contributed by atoms with Crippen molar-refractivity contribution in [2.24, 2.45) is 0 Å². The second-order valence-electron chi connectivity index (χ2n) is 6.14. The molecular weight excluding hydrogens is 286 g/mol. The average Bonchev–Trinajstić information content (AvgIpc) is 2.37. The Morgan fingerprint density at radius 1 is 1.29 bits per heavy atom. The molecule has 0 amide bonds. The van der Waals surface area contributed by atoms with Crippen LogP contribution in [0.4, 0.5) is 5.69 Å². The average molecular weight is 311 g/mol. The van der Waals surface area contributed by atoms with Crippen molar-refractivity contribution in [2.45, 2.75) is 32.3 Å². The molecule has 0 heterocycles. The van der Waals surface area contributed by atoms with Gasteiger partial charge in [-0.2, -0.15) is 0 Å². The normalized spacial score (nSPS) is 11.4. The molecule has 0 radical (unpaired) electrons. The van der Waals surface area contributed by atoms with Gasteiger partial charge in [0, 0.05) is 13.8 Å². The summed E-state index contributed by atoms with van der Waals surface area (Å²) in [6.07, 6.45) is 0. The molecule has 0 aromatic heterocycles. The second-order valence-corrected chi connectivity index (χ2v) is 11.8. The molecule has 0 saturated heterocycles. The number of hydrogen-bond acceptors (Lipinski definition) is 5. The molecule has 118 valence electrons. The van der Waals surface area contributed by atoms with Gasteiger partial charge >= 0.3 is 5.97 Å². The molecule has 0 spiro atoms. The van der Waals surface area contributed by atoms with Crippen LogP contribution in [0.5, 0.6) is 0 Å². The van der Waals surface area contributed by atoms with Gasteiger partial charge in [0.05, 0.1) is 32.0 Å². The lowest BCUT2D eigenvalue weighted by Gasteiger charge is -2.16. The minimum Gasteiger partial charge on any atom is -0.462 e. The molecule has 1 aromatic carbocycles. The molecule has 0 bridgehead atoms. The van der Waals surface area contributed by atoms with E-state index in [9.17, 15) is 4.79 Å². The zero-order chi connectivity index (χ0) is 15.9. The van der Waals surface area contributed by atoms with Gasteiger partial charge < -0.3 is 20.3 Å². The number of benzene rings is 1. The van der Waals surface area contributed by atoms with Crippen LogP contribution in [0.2, 0.25) is 25.7 Å². The van der Waals surface area contributed by atoms with E-state index in [1.165, 1.54) is 0 Å². The highest BCUT2D eigenvalue weighted by atomic mass is 28.3. The molecule has 1 rings (SSSR count). The quantitative estimate of drug-likeness (QED) is 0.333. The van der Waals surface area contributed by atoms with Gasteiger partial charge in [-0.05, 0) is 29.8 Å². The third-order valence-corrected chi connectivity index (χ3v) is 4.63. The molecule has 1 aromatic rings. The summed E-state index contributed by atoms with van der Waals surface area (Å²) in [5.41, 5.74) is 7.46. The lowest BCUT2D eigenvalue weighted by atomic mass is 10.1. The second kappa shape index (κ2) is 8.16. The number of carbonyl (C=O) groups is 1. The van der Waals surface area contributed by atoms with Crippen LogP contribution in [-0.4, -0.2) is 39.0 Å². The molecule has 0 aliphatic heterocycles. The highest BCUT2D eigenvalue weighted by molar-refractivity contribution is 6.76. The number of nitrogens with two attached hydrogens (primary N) is 1. The highest BCUT2D eigenvalue weighted by Gasteiger charge is 2.17. The van der Waals surface area contributed by atoms with E-state index in [0.717, 1.165) is 6.04 Å². The van der Waals surface area contributed by atoms with E-state index >= 15 is 0 Å². The van der Waals surface area contributed by atoms with Gasteiger partial charge in [-0.1, -0.05) is 19.6 Å². The summed E-state index contributed by atoms with van der Waals surface area (Å²) < 4.78 is 10.6. The topological polar surface area (TPSA) is 81.8 Å². The van der Waals surface area contributed by atoms with E-state index in [2.05, 4.69) is 19.6 Å². The monoisotopic (exact) mass is 311 g/mol. The van der Waals surface area contributed by atoms with Gasteiger partial charge in [0.15, 0.2) is 0 Å². The maximum absolute atomic E-state index is 12.1. The standard InChI is InChI=1S/C15H25NO4Si/c1-21(2,3)9-8-20-15(18)14-5-4-13(16)10-12(14)11-19-7-6-17/h4-5,10,17H,6-9,11,16H2,1-3H3. The van der Waals surface area contributed by atoms with Crippen molar-refractivity contribution >= 4 is 19.7 Å². The van der Waals surface area contributed by atoms with Gasteiger partial charge in [-0.25, -0.2) is 4.79 Å². The number of ether oxygens (including phenoxy) is 2. The lowest BCUT2D eigenvalue weighted by Crippen LogP contribution is -2.23. The van der Waals surface area contributed by atoms with E-state index in [4.69, 9.17) is 20.3 Å². The van der Waals surface area contributed by atoms with Crippen molar-refractivity contribution in [2.75, 3.05) is 25.6 Å². The summed E-state index contributed by atoms with van der Waals surface area (Å²) in [6, 6.07) is 5.96. The van der Waals surface area contributed by atoms with Crippen molar-refractivity contribution in [1.29, 1.82) is 0 Å². The number of aliphatic hydroxyl groups is 1. The van der Waals surface area contributed by atoms with Crippen LogP contribution in [0.1, 0.15) is 15.9 Å². The first-order chi connectivity index (χ1) is 9.83. The van der Waals surface area contributed by atoms with Crippen LogP contribution >= 0.6 is 0 Å². The summed E-state index contributed by atoms with van der Waals surface area (Å²) in [6.45, 7) is 7.53. The number of nitrogen functional groups attached to an aromatic ring is 1. The summed E-state index contributed by atoms with van der Waals surface area (Å²) in [5, 5.41) is 8.73. The van der Waals surface area contributed by atoms with E-state index in [-0.39, 0.29) is 25.8 Å². The molecule has 0 aliphatic rings. The number of anilines is 1. The first kappa shape index (κ1) is 17.7. The Hall–Kier alpha value is -1.37. The van der Waals surface area contributed by atoms with Crippen LogP contribution < -0.4 is 5.73 Å². The minimum absolute atomic E-state index is 0.0572. The van der Waals surface area contributed by atoms with Crippen LogP contribution in [0.3, 0.4) is 0 Å². The van der Waals surface area contributed by atoms with Crippen molar-refractivity contribution in [1.82, 2.24) is 0 Å². The number of aliphatic hydroxyl groups excluding tert-OH is 1. The fourth-order valence-corrected chi connectivity index (χ4v) is 2.42. The number of rotatable bonds is 8. The Bertz CT molecular complexity index is 471. The highest BCUT2D eigenvalue weighted by Crippen LogP contribution is 2.17. The maximum Gasteiger partial charge on any atom is 0.338 e. The molecule has 0 saturated carbocycles. The summed E-state index contributed by atoms with van der Waals surface area (Å²) in [7, 11) is -1.22. The minimum atomic E-state index is -1.22. The molecule has 6 heteroatoms. The Labute approximate surface area is 127 Å². The van der Waals surface area contributed by atoms with Gasteiger partial charge in [0.25, 0.3) is 0 Å². The Morgan fingerprint density at radius 2 is 2.00 bits per heavy atom. The number of hydrogen-bond donors (Lipinski definition) is 2. The van der Waals surface area contributed by atoms with E-state index in [1.807, 2.05) is 0 Å². The summed E-state index contributed by atoms with van der Waals surface area (Å²) in [4.78, 5) is 12.1. The van der Waals surface area contributed by atoms with Crippen molar-refractivity contribution in [3.8, 4) is 0 Å². The van der Waals surface area contributed by atoms with Gasteiger partial charge in [-0.15, -0.1) is 0 Å². The Morgan fingerprint density at radius 3 is 2.62 bits per heavy atom. The molecule has 5 nitrogen and oxygen atoms in total. The molecule has 21 heavy (non-hydrogen) atoms. The van der Waals surface area contributed by atoms with E-state index < -0.39 is 8.07 Å².